The Kier molecular flexibility index (Phi) is 4.13. The van der Waals surface area contributed by atoms with E-state index in [2.05, 4.69) is 4.74 Å². The zero-order valence-corrected chi connectivity index (χ0v) is 10.8. The molecule has 5 nitrogen and oxygen atoms in total. The molecular weight excluding hydrogens is 268 g/mol. The van der Waals surface area contributed by atoms with E-state index in [0.717, 1.165) is 6.26 Å². The molecular formula is C10H11ClO5S. The van der Waals surface area contributed by atoms with E-state index in [9.17, 15) is 13.2 Å². The van der Waals surface area contributed by atoms with Crippen molar-refractivity contribution in [1.29, 1.82) is 0 Å². The van der Waals surface area contributed by atoms with Crippen molar-refractivity contribution >= 4 is 27.4 Å². The Labute approximate surface area is 104 Å². The van der Waals surface area contributed by atoms with Crippen LogP contribution in [0.25, 0.3) is 0 Å². The number of hydrogen-bond donors (Lipinski definition) is 1. The van der Waals surface area contributed by atoms with Crippen molar-refractivity contribution in [1.82, 2.24) is 0 Å². The fourth-order valence-corrected chi connectivity index (χ4v) is 2.65. The third-order valence-electron chi connectivity index (χ3n) is 2.16. The van der Waals surface area contributed by atoms with Crippen LogP contribution < -0.4 is 0 Å². The Hall–Kier alpha value is -1.11. The summed E-state index contributed by atoms with van der Waals surface area (Å²) >= 11 is 5.87. The van der Waals surface area contributed by atoms with Crippen LogP contribution in [0.3, 0.4) is 0 Å². The molecule has 0 saturated heterocycles. The topological polar surface area (TPSA) is 80.7 Å². The minimum absolute atomic E-state index is 0.00272. The maximum atomic E-state index is 11.4. The van der Waals surface area contributed by atoms with Gasteiger partial charge in [-0.15, -0.1) is 0 Å². The SMILES string of the molecule is COC(=O)c1ccc(S(C)(=O)=O)c(CO)c1Cl. The second-order valence-corrected chi connectivity index (χ2v) is 5.69. The quantitative estimate of drug-likeness (QED) is 0.835. The lowest BCUT2D eigenvalue weighted by molar-refractivity contribution is 0.0600. The summed E-state index contributed by atoms with van der Waals surface area (Å²) in [5.41, 5.74) is 0.0164. The molecule has 1 N–H and O–H groups in total. The average molecular weight is 279 g/mol. The van der Waals surface area contributed by atoms with Gasteiger partial charge in [-0.05, 0) is 12.1 Å². The van der Waals surface area contributed by atoms with E-state index in [1.807, 2.05) is 0 Å². The van der Waals surface area contributed by atoms with Crippen LogP contribution >= 0.6 is 11.6 Å². The smallest absolute Gasteiger partial charge is 0.339 e. The predicted molar refractivity (Wildman–Crippen MR) is 61.8 cm³/mol. The molecule has 0 atom stereocenters. The highest BCUT2D eigenvalue weighted by atomic mass is 35.5. The van der Waals surface area contributed by atoms with Gasteiger partial charge in [-0.25, -0.2) is 13.2 Å². The molecule has 1 aromatic carbocycles. The molecule has 0 amide bonds. The highest BCUT2D eigenvalue weighted by molar-refractivity contribution is 7.90. The van der Waals surface area contributed by atoms with Crippen LogP contribution in [0.5, 0.6) is 0 Å². The molecule has 0 radical (unpaired) electrons. The number of hydrogen-bond acceptors (Lipinski definition) is 5. The number of carbonyl (C=O) groups excluding carboxylic acids is 1. The van der Waals surface area contributed by atoms with Crippen molar-refractivity contribution in [2.45, 2.75) is 11.5 Å². The molecule has 94 valence electrons. The summed E-state index contributed by atoms with van der Waals surface area (Å²) < 4.78 is 27.3. The van der Waals surface area contributed by atoms with Gasteiger partial charge in [-0.3, -0.25) is 0 Å². The molecule has 1 aromatic rings. The van der Waals surface area contributed by atoms with Crippen molar-refractivity contribution in [2.75, 3.05) is 13.4 Å². The normalized spacial score (nSPS) is 11.3. The van der Waals surface area contributed by atoms with Crippen molar-refractivity contribution in [3.63, 3.8) is 0 Å². The second-order valence-electron chi connectivity index (χ2n) is 3.33. The third kappa shape index (κ3) is 2.77. The molecule has 1 rings (SSSR count). The number of aliphatic hydroxyl groups is 1. The number of carbonyl (C=O) groups is 1. The van der Waals surface area contributed by atoms with Crippen LogP contribution in [0.2, 0.25) is 5.02 Å². The zero-order chi connectivity index (χ0) is 13.2. The first kappa shape index (κ1) is 14.0. The van der Waals surface area contributed by atoms with E-state index in [1.165, 1.54) is 19.2 Å². The Bertz CT molecular complexity index is 550. The summed E-state index contributed by atoms with van der Waals surface area (Å²) in [7, 11) is -2.33. The Morgan fingerprint density at radius 1 is 1.47 bits per heavy atom. The first-order valence-electron chi connectivity index (χ1n) is 4.53. The molecule has 17 heavy (non-hydrogen) atoms. The first-order valence-corrected chi connectivity index (χ1v) is 6.80. The van der Waals surface area contributed by atoms with Crippen LogP contribution in [0, 0.1) is 0 Å². The van der Waals surface area contributed by atoms with E-state index >= 15 is 0 Å². The lowest BCUT2D eigenvalue weighted by atomic mass is 10.1. The summed E-state index contributed by atoms with van der Waals surface area (Å²) in [6, 6.07) is 2.47. The Balaban J connectivity index is 3.54. The minimum atomic E-state index is -3.51. The van der Waals surface area contributed by atoms with Crippen LogP contribution in [-0.4, -0.2) is 32.9 Å². The number of sulfone groups is 1. The van der Waals surface area contributed by atoms with Crippen LogP contribution in [-0.2, 0) is 21.2 Å². The van der Waals surface area contributed by atoms with E-state index in [4.69, 9.17) is 16.7 Å². The number of aliphatic hydroxyl groups excluding tert-OH is 1. The molecule has 0 aliphatic rings. The van der Waals surface area contributed by atoms with E-state index in [0.29, 0.717) is 0 Å². The molecule has 0 saturated carbocycles. The van der Waals surface area contributed by atoms with Gasteiger partial charge in [0.2, 0.25) is 0 Å². The van der Waals surface area contributed by atoms with Crippen molar-refractivity contribution < 1.29 is 23.1 Å². The molecule has 0 aliphatic heterocycles. The second kappa shape index (κ2) is 5.03. The number of methoxy groups -OCH3 is 1. The zero-order valence-electron chi connectivity index (χ0n) is 9.23. The first-order chi connectivity index (χ1) is 7.82. The number of rotatable bonds is 3. The molecule has 0 spiro atoms. The van der Waals surface area contributed by atoms with Crippen LogP contribution in [0.4, 0.5) is 0 Å². The maximum Gasteiger partial charge on any atom is 0.339 e. The molecule has 0 unspecified atom stereocenters. The summed E-state index contributed by atoms with van der Waals surface area (Å²) in [6.07, 6.45) is 0.996. The molecule has 0 bridgehead atoms. The standard InChI is InChI=1S/C10H11ClO5S/c1-16-10(13)6-3-4-8(17(2,14)15)7(5-12)9(6)11/h3-4,12H,5H2,1-2H3. The minimum Gasteiger partial charge on any atom is -0.465 e. The van der Waals surface area contributed by atoms with Crippen molar-refractivity contribution in [3.8, 4) is 0 Å². The molecule has 0 aromatic heterocycles. The predicted octanol–water partition coefficient (Wildman–Crippen LogP) is 1.02. The average Bonchev–Trinajstić information content (AvgIpc) is 2.26. The monoisotopic (exact) mass is 278 g/mol. The highest BCUT2D eigenvalue weighted by Crippen LogP contribution is 2.28. The molecule has 0 aliphatic carbocycles. The van der Waals surface area contributed by atoms with Crippen LogP contribution in [0.1, 0.15) is 15.9 Å². The van der Waals surface area contributed by atoms with Gasteiger partial charge in [0, 0.05) is 11.8 Å². The van der Waals surface area contributed by atoms with Gasteiger partial charge in [0.25, 0.3) is 0 Å². The largest absolute Gasteiger partial charge is 0.465 e. The lowest BCUT2D eigenvalue weighted by Crippen LogP contribution is -2.08. The van der Waals surface area contributed by atoms with Crippen molar-refractivity contribution in [2.24, 2.45) is 0 Å². The van der Waals surface area contributed by atoms with E-state index in [-0.39, 0.29) is 21.0 Å². The number of halogens is 1. The van der Waals surface area contributed by atoms with E-state index < -0.39 is 22.4 Å². The molecule has 0 heterocycles. The third-order valence-corrected chi connectivity index (χ3v) is 3.78. The molecule has 7 heteroatoms. The van der Waals surface area contributed by atoms with Gasteiger partial charge in [-0.1, -0.05) is 11.6 Å². The maximum absolute atomic E-state index is 11.4. The van der Waals surface area contributed by atoms with Gasteiger partial charge in [0.1, 0.15) is 0 Å². The Morgan fingerprint density at radius 2 is 2.06 bits per heavy atom. The summed E-state index contributed by atoms with van der Waals surface area (Å²) in [5.74, 6) is -0.690. The molecule has 0 fully saturated rings. The fourth-order valence-electron chi connectivity index (χ4n) is 1.37. The Morgan fingerprint density at radius 3 is 2.47 bits per heavy atom. The summed E-state index contributed by atoms with van der Waals surface area (Å²) in [6.45, 7) is -0.577. The number of ether oxygens (including phenoxy) is 1. The van der Waals surface area contributed by atoms with Gasteiger partial charge < -0.3 is 9.84 Å². The van der Waals surface area contributed by atoms with Gasteiger partial charge in [-0.2, -0.15) is 0 Å². The number of benzene rings is 1. The van der Waals surface area contributed by atoms with Crippen LogP contribution in [0.15, 0.2) is 17.0 Å². The summed E-state index contributed by atoms with van der Waals surface area (Å²) in [4.78, 5) is 11.2. The lowest BCUT2D eigenvalue weighted by Gasteiger charge is -2.10. The highest BCUT2D eigenvalue weighted by Gasteiger charge is 2.21. The van der Waals surface area contributed by atoms with Gasteiger partial charge in [0.05, 0.1) is 29.2 Å². The van der Waals surface area contributed by atoms with E-state index in [1.54, 1.807) is 0 Å². The van der Waals surface area contributed by atoms with Crippen molar-refractivity contribution in [3.05, 3.63) is 28.3 Å². The number of esters is 1. The van der Waals surface area contributed by atoms with Gasteiger partial charge >= 0.3 is 5.97 Å². The van der Waals surface area contributed by atoms with Gasteiger partial charge in [0.15, 0.2) is 9.84 Å². The summed E-state index contributed by atoms with van der Waals surface area (Å²) in [5, 5.41) is 9.03. The fraction of sp³-hybridized carbons (Fsp3) is 0.300.